The Bertz CT molecular complexity index is 630. The predicted octanol–water partition coefficient (Wildman–Crippen LogP) is 2.06. The summed E-state index contributed by atoms with van der Waals surface area (Å²) in [7, 11) is 0. The lowest BCUT2D eigenvalue weighted by molar-refractivity contribution is 0.0102. The van der Waals surface area contributed by atoms with Crippen LogP contribution in [-0.4, -0.2) is 0 Å². The molecule has 19 heavy (non-hydrogen) atoms. The third-order valence-corrected chi connectivity index (χ3v) is 4.99. The van der Waals surface area contributed by atoms with Crippen LogP contribution in [0, 0.1) is 79.8 Å². The van der Waals surface area contributed by atoms with E-state index in [1.165, 1.54) is 0 Å². The standard InChI is InChI=1S/C15H10N4/c16-6-14(7-17)12-4-5-13(15(14,8-18)9-19)11-3-1-2-10(11)12/h1-2,4-5,10-13H,3H2. The molecule has 0 heterocycles. The predicted molar refractivity (Wildman–Crippen MR) is 64.2 cm³/mol. The fraction of sp³-hybridized carbons (Fsp3) is 0.467. The molecule has 4 atom stereocenters. The summed E-state index contributed by atoms with van der Waals surface area (Å²) in [5.74, 6) is -0.435. The first kappa shape index (κ1) is 11.5. The van der Waals surface area contributed by atoms with Gasteiger partial charge in [-0.15, -0.1) is 0 Å². The van der Waals surface area contributed by atoms with Crippen molar-refractivity contribution in [1.29, 1.82) is 21.0 Å². The molecule has 0 aromatic heterocycles. The molecule has 0 aliphatic heterocycles. The minimum absolute atomic E-state index is 0.101. The number of rotatable bonds is 0. The maximum Gasteiger partial charge on any atom is 0.182 e. The topological polar surface area (TPSA) is 95.2 Å². The van der Waals surface area contributed by atoms with Gasteiger partial charge in [0.15, 0.2) is 10.8 Å². The van der Waals surface area contributed by atoms with Gasteiger partial charge in [-0.2, -0.15) is 21.0 Å². The molecule has 1 fully saturated rings. The molecule has 4 heteroatoms. The number of fused-ring (bicyclic) bond motifs is 1. The maximum atomic E-state index is 9.55. The molecule has 0 saturated heterocycles. The van der Waals surface area contributed by atoms with Crippen LogP contribution in [0.4, 0.5) is 0 Å². The van der Waals surface area contributed by atoms with Gasteiger partial charge in [-0.1, -0.05) is 24.3 Å². The summed E-state index contributed by atoms with van der Waals surface area (Å²) in [6.07, 6.45) is 8.62. The van der Waals surface area contributed by atoms with E-state index >= 15 is 0 Å². The van der Waals surface area contributed by atoms with Crippen molar-refractivity contribution in [3.63, 3.8) is 0 Å². The average molecular weight is 246 g/mol. The van der Waals surface area contributed by atoms with Gasteiger partial charge >= 0.3 is 0 Å². The second-order valence-corrected chi connectivity index (χ2v) is 5.40. The second kappa shape index (κ2) is 3.47. The fourth-order valence-electron chi connectivity index (χ4n) is 4.10. The largest absolute Gasteiger partial charge is 0.196 e. The third kappa shape index (κ3) is 0.977. The molecule has 1 saturated carbocycles. The summed E-state index contributed by atoms with van der Waals surface area (Å²) >= 11 is 0. The normalized spacial score (nSPS) is 38.5. The van der Waals surface area contributed by atoms with Gasteiger partial charge in [-0.05, 0) is 18.3 Å². The highest BCUT2D eigenvalue weighted by molar-refractivity contribution is 5.46. The number of nitriles is 4. The Morgan fingerprint density at radius 3 is 1.89 bits per heavy atom. The van der Waals surface area contributed by atoms with E-state index < -0.39 is 10.8 Å². The van der Waals surface area contributed by atoms with Gasteiger partial charge < -0.3 is 0 Å². The Kier molecular flexibility index (Phi) is 2.11. The number of nitrogens with zero attached hydrogens (tertiary/aromatic N) is 4. The lowest BCUT2D eigenvalue weighted by Gasteiger charge is -2.54. The first-order valence-electron chi connectivity index (χ1n) is 6.20. The van der Waals surface area contributed by atoms with E-state index in [1.54, 1.807) is 0 Å². The summed E-state index contributed by atoms with van der Waals surface area (Å²) < 4.78 is 0. The van der Waals surface area contributed by atoms with Crippen molar-refractivity contribution in [3.8, 4) is 24.3 Å². The molecule has 2 bridgehead atoms. The van der Waals surface area contributed by atoms with Crippen molar-refractivity contribution >= 4 is 0 Å². The summed E-state index contributed by atoms with van der Waals surface area (Å²) in [5, 5.41) is 38.2. The van der Waals surface area contributed by atoms with Crippen LogP contribution in [0.2, 0.25) is 0 Å². The summed E-state index contributed by atoms with van der Waals surface area (Å²) in [6.45, 7) is 0. The SMILES string of the molecule is N#CC1(C#N)C2C=CC(C3CC=CC32)C1(C#N)C#N. The van der Waals surface area contributed by atoms with Gasteiger partial charge in [0.25, 0.3) is 0 Å². The zero-order valence-corrected chi connectivity index (χ0v) is 10.1. The fourth-order valence-corrected chi connectivity index (χ4v) is 4.10. The molecule has 0 N–H and O–H groups in total. The number of hydrogen-bond donors (Lipinski definition) is 0. The lowest BCUT2D eigenvalue weighted by atomic mass is 9.42. The molecule has 0 spiro atoms. The van der Waals surface area contributed by atoms with Gasteiger partial charge in [-0.3, -0.25) is 0 Å². The van der Waals surface area contributed by atoms with Gasteiger partial charge in [0.05, 0.1) is 24.3 Å². The van der Waals surface area contributed by atoms with E-state index in [4.69, 9.17) is 0 Å². The second-order valence-electron chi connectivity index (χ2n) is 5.40. The summed E-state index contributed by atoms with van der Waals surface area (Å²) in [6, 6.07) is 8.06. The summed E-state index contributed by atoms with van der Waals surface area (Å²) in [4.78, 5) is 0. The molecule has 4 unspecified atom stereocenters. The minimum Gasteiger partial charge on any atom is -0.196 e. The molecule has 0 amide bonds. The average Bonchev–Trinajstić information content (AvgIpc) is 2.96. The van der Waals surface area contributed by atoms with E-state index in [9.17, 15) is 21.0 Å². The Balaban J connectivity index is 2.32. The van der Waals surface area contributed by atoms with Crippen LogP contribution < -0.4 is 0 Å². The highest BCUT2D eigenvalue weighted by Crippen LogP contribution is 2.65. The first-order valence-corrected chi connectivity index (χ1v) is 6.20. The van der Waals surface area contributed by atoms with Gasteiger partial charge in [-0.25, -0.2) is 0 Å². The quantitative estimate of drug-likeness (QED) is 0.611. The van der Waals surface area contributed by atoms with Gasteiger partial charge in [0.1, 0.15) is 0 Å². The third-order valence-electron chi connectivity index (χ3n) is 4.99. The highest BCUT2D eigenvalue weighted by Gasteiger charge is 2.71. The maximum absolute atomic E-state index is 9.55. The molecular formula is C15H10N4. The van der Waals surface area contributed by atoms with Crippen molar-refractivity contribution in [2.24, 2.45) is 34.5 Å². The molecule has 4 rings (SSSR count). The molecule has 0 aromatic carbocycles. The smallest absolute Gasteiger partial charge is 0.182 e. The van der Waals surface area contributed by atoms with E-state index in [0.29, 0.717) is 0 Å². The molecule has 4 aliphatic rings. The Labute approximate surface area is 111 Å². The molecule has 4 nitrogen and oxygen atoms in total. The van der Waals surface area contributed by atoms with Crippen LogP contribution in [0.25, 0.3) is 0 Å². The molecule has 4 aliphatic carbocycles. The zero-order valence-electron chi connectivity index (χ0n) is 10.1. The van der Waals surface area contributed by atoms with Crippen molar-refractivity contribution in [2.75, 3.05) is 0 Å². The minimum atomic E-state index is -1.56. The number of hydrogen-bond acceptors (Lipinski definition) is 4. The van der Waals surface area contributed by atoms with E-state index in [0.717, 1.165) is 6.42 Å². The van der Waals surface area contributed by atoms with E-state index in [2.05, 4.69) is 0 Å². The van der Waals surface area contributed by atoms with Gasteiger partial charge in [0, 0.05) is 11.8 Å². The lowest BCUT2D eigenvalue weighted by Crippen LogP contribution is -2.59. The Morgan fingerprint density at radius 2 is 1.32 bits per heavy atom. The van der Waals surface area contributed by atoms with Crippen molar-refractivity contribution in [1.82, 2.24) is 0 Å². The first-order chi connectivity index (χ1) is 9.20. The monoisotopic (exact) mass is 246 g/mol. The zero-order chi connectivity index (χ0) is 13.7. The van der Waals surface area contributed by atoms with Crippen molar-refractivity contribution in [3.05, 3.63) is 24.3 Å². The van der Waals surface area contributed by atoms with Crippen LogP contribution in [0.3, 0.4) is 0 Å². The van der Waals surface area contributed by atoms with Crippen molar-refractivity contribution < 1.29 is 0 Å². The molecule has 90 valence electrons. The van der Waals surface area contributed by atoms with Crippen molar-refractivity contribution in [2.45, 2.75) is 6.42 Å². The summed E-state index contributed by atoms with van der Waals surface area (Å²) in [5.41, 5.74) is -3.12. The van der Waals surface area contributed by atoms with Crippen LogP contribution in [0.1, 0.15) is 6.42 Å². The van der Waals surface area contributed by atoms with Crippen LogP contribution >= 0.6 is 0 Å². The van der Waals surface area contributed by atoms with E-state index in [1.807, 2.05) is 48.6 Å². The molecule has 0 aromatic rings. The highest BCUT2D eigenvalue weighted by atomic mass is 14.7. The number of allylic oxidation sites excluding steroid dienone is 4. The Hall–Kier alpha value is -2.56. The van der Waals surface area contributed by atoms with Crippen LogP contribution in [0.5, 0.6) is 0 Å². The Morgan fingerprint density at radius 1 is 0.789 bits per heavy atom. The molecular weight excluding hydrogens is 236 g/mol. The van der Waals surface area contributed by atoms with Gasteiger partial charge in [0.2, 0.25) is 0 Å². The van der Waals surface area contributed by atoms with Crippen LogP contribution in [0.15, 0.2) is 24.3 Å². The molecule has 0 radical (unpaired) electrons. The van der Waals surface area contributed by atoms with Crippen LogP contribution in [-0.2, 0) is 0 Å². The van der Waals surface area contributed by atoms with E-state index in [-0.39, 0.29) is 23.7 Å².